The third kappa shape index (κ3) is 1.81. The molecular formula is C12H13Br2NO4. The van der Waals surface area contributed by atoms with E-state index < -0.39 is 5.97 Å². The van der Waals surface area contributed by atoms with Crippen LogP contribution in [0.3, 0.4) is 0 Å². The first-order valence-electron chi connectivity index (χ1n) is 6.28. The van der Waals surface area contributed by atoms with E-state index in [4.69, 9.17) is 5.11 Å². The molecule has 1 N–H and O–H groups in total. The molecule has 0 radical (unpaired) electrons. The van der Waals surface area contributed by atoms with Crippen LogP contribution >= 0.6 is 31.9 Å². The van der Waals surface area contributed by atoms with Crippen molar-refractivity contribution in [2.24, 2.45) is 23.7 Å². The van der Waals surface area contributed by atoms with E-state index in [0.717, 1.165) is 11.3 Å². The Labute approximate surface area is 127 Å². The molecule has 0 unspecified atom stereocenters. The Balaban J connectivity index is 1.83. The van der Waals surface area contributed by atoms with E-state index in [9.17, 15) is 14.4 Å². The highest BCUT2D eigenvalue weighted by Crippen LogP contribution is 2.60. The average molecular weight is 395 g/mol. The number of carboxylic acid groups (broad SMARTS) is 1. The lowest BCUT2D eigenvalue weighted by Gasteiger charge is -2.28. The summed E-state index contributed by atoms with van der Waals surface area (Å²) in [6, 6.07) is 0. The van der Waals surface area contributed by atoms with E-state index in [1.165, 1.54) is 0 Å². The van der Waals surface area contributed by atoms with E-state index in [-0.39, 0.29) is 58.1 Å². The second-order valence-electron chi connectivity index (χ2n) is 5.48. The van der Waals surface area contributed by atoms with Gasteiger partial charge in [0.2, 0.25) is 11.8 Å². The molecule has 0 spiro atoms. The molecule has 0 aromatic heterocycles. The zero-order valence-electron chi connectivity index (χ0n) is 9.96. The summed E-state index contributed by atoms with van der Waals surface area (Å²) in [5.74, 6) is -1.46. The van der Waals surface area contributed by atoms with Crippen molar-refractivity contribution < 1.29 is 19.5 Å². The molecule has 5 nitrogen and oxygen atoms in total. The number of carbonyl (C=O) groups excluding carboxylic acids is 2. The van der Waals surface area contributed by atoms with Crippen LogP contribution in [0.5, 0.6) is 0 Å². The maximum absolute atomic E-state index is 12.3. The molecule has 3 rings (SSSR count). The molecule has 19 heavy (non-hydrogen) atoms. The molecule has 2 saturated carbocycles. The van der Waals surface area contributed by atoms with Gasteiger partial charge in [0.15, 0.2) is 0 Å². The lowest BCUT2D eigenvalue weighted by molar-refractivity contribution is -0.142. The summed E-state index contributed by atoms with van der Waals surface area (Å²) in [6.07, 6.45) is 0.715. The lowest BCUT2D eigenvalue weighted by Crippen LogP contribution is -2.37. The molecule has 3 aliphatic rings. The van der Waals surface area contributed by atoms with Crippen LogP contribution < -0.4 is 0 Å². The maximum atomic E-state index is 12.3. The fourth-order valence-corrected chi connectivity index (χ4v) is 5.71. The van der Waals surface area contributed by atoms with Crippen LogP contribution in [0.25, 0.3) is 0 Å². The monoisotopic (exact) mass is 393 g/mol. The minimum atomic E-state index is -0.989. The molecule has 1 aliphatic heterocycles. The number of carbonyl (C=O) groups is 3. The second-order valence-corrected chi connectivity index (χ2v) is 7.59. The number of fused-ring (bicyclic) bond motifs is 5. The summed E-state index contributed by atoms with van der Waals surface area (Å²) in [4.78, 5) is 36.8. The summed E-state index contributed by atoms with van der Waals surface area (Å²) in [5.41, 5.74) is 0. The molecule has 1 saturated heterocycles. The highest BCUT2D eigenvalue weighted by molar-refractivity contribution is 9.12. The number of carboxylic acids is 1. The van der Waals surface area contributed by atoms with Gasteiger partial charge in [0.25, 0.3) is 0 Å². The zero-order valence-corrected chi connectivity index (χ0v) is 13.1. The third-order valence-corrected chi connectivity index (χ3v) is 7.83. The van der Waals surface area contributed by atoms with E-state index in [1.54, 1.807) is 0 Å². The van der Waals surface area contributed by atoms with Crippen molar-refractivity contribution in [1.82, 2.24) is 4.90 Å². The highest BCUT2D eigenvalue weighted by atomic mass is 79.9. The molecule has 104 valence electrons. The van der Waals surface area contributed by atoms with Gasteiger partial charge in [-0.15, -0.1) is 0 Å². The molecule has 2 aliphatic carbocycles. The van der Waals surface area contributed by atoms with Gasteiger partial charge in [-0.1, -0.05) is 31.9 Å². The van der Waals surface area contributed by atoms with Crippen molar-refractivity contribution in [3.05, 3.63) is 0 Å². The Bertz CT molecular complexity index is 437. The summed E-state index contributed by atoms with van der Waals surface area (Å²) < 4.78 is 0. The van der Waals surface area contributed by atoms with Crippen molar-refractivity contribution in [1.29, 1.82) is 0 Å². The van der Waals surface area contributed by atoms with Crippen LogP contribution in [0.4, 0.5) is 0 Å². The number of nitrogens with zero attached hydrogens (tertiary/aromatic N) is 1. The molecule has 2 amide bonds. The quantitative estimate of drug-likeness (QED) is 0.577. The van der Waals surface area contributed by atoms with Crippen molar-refractivity contribution in [2.75, 3.05) is 6.54 Å². The number of amides is 2. The van der Waals surface area contributed by atoms with Gasteiger partial charge in [0.05, 0.1) is 18.3 Å². The minimum absolute atomic E-state index is 0.000650. The smallest absolute Gasteiger partial charge is 0.305 e. The van der Waals surface area contributed by atoms with Gasteiger partial charge in [-0.2, -0.15) is 0 Å². The Hall–Kier alpha value is -0.430. The first kappa shape index (κ1) is 13.5. The maximum Gasteiger partial charge on any atom is 0.305 e. The second kappa shape index (κ2) is 4.55. The minimum Gasteiger partial charge on any atom is -0.481 e. The van der Waals surface area contributed by atoms with Crippen LogP contribution in [0, 0.1) is 23.7 Å². The first-order chi connectivity index (χ1) is 8.93. The normalized spacial score (nSPS) is 44.0. The van der Waals surface area contributed by atoms with Crippen molar-refractivity contribution in [3.8, 4) is 0 Å². The van der Waals surface area contributed by atoms with Crippen LogP contribution in [0.1, 0.15) is 12.8 Å². The van der Waals surface area contributed by atoms with Crippen LogP contribution in [-0.2, 0) is 14.4 Å². The average Bonchev–Trinajstić information content (AvgIpc) is 2.93. The Morgan fingerprint density at radius 1 is 1.16 bits per heavy atom. The largest absolute Gasteiger partial charge is 0.481 e. The van der Waals surface area contributed by atoms with Gasteiger partial charge in [0, 0.05) is 16.2 Å². The molecule has 2 bridgehead atoms. The van der Waals surface area contributed by atoms with E-state index >= 15 is 0 Å². The Kier molecular flexibility index (Phi) is 3.24. The predicted molar refractivity (Wildman–Crippen MR) is 73.0 cm³/mol. The summed E-state index contributed by atoms with van der Waals surface area (Å²) in [5, 5.41) is 8.69. The number of alkyl halides is 2. The van der Waals surface area contributed by atoms with E-state index in [1.807, 2.05) is 0 Å². The highest BCUT2D eigenvalue weighted by Gasteiger charge is 2.66. The van der Waals surface area contributed by atoms with Gasteiger partial charge < -0.3 is 5.11 Å². The van der Waals surface area contributed by atoms with Crippen molar-refractivity contribution in [3.63, 3.8) is 0 Å². The fourth-order valence-electron chi connectivity index (χ4n) is 3.84. The van der Waals surface area contributed by atoms with Crippen molar-refractivity contribution in [2.45, 2.75) is 22.5 Å². The number of hydrogen-bond acceptors (Lipinski definition) is 3. The van der Waals surface area contributed by atoms with Crippen molar-refractivity contribution >= 4 is 49.6 Å². The molecule has 7 heteroatoms. The topological polar surface area (TPSA) is 74.7 Å². The number of hydrogen-bond donors (Lipinski definition) is 1. The standard InChI is InChI=1S/C12H13Br2NO4/c13-9-4-3-5(10(9)14)8-7(4)11(18)15(12(8)19)2-1-6(16)17/h4-5,7-10H,1-3H2,(H,16,17)/t4-,5+,7-,8+,9+,10-. The molecular weight excluding hydrogens is 382 g/mol. The molecule has 6 atom stereocenters. The molecule has 0 aromatic rings. The van der Waals surface area contributed by atoms with Gasteiger partial charge in [-0.25, -0.2) is 0 Å². The summed E-state index contributed by atoms with van der Waals surface area (Å²) in [7, 11) is 0. The predicted octanol–water partition coefficient (Wildman–Crippen LogP) is 1.24. The Morgan fingerprint density at radius 3 is 2.05 bits per heavy atom. The summed E-state index contributed by atoms with van der Waals surface area (Å²) in [6.45, 7) is -0.000650. The molecule has 1 heterocycles. The van der Waals surface area contributed by atoms with Gasteiger partial charge in [-0.05, 0) is 18.3 Å². The van der Waals surface area contributed by atoms with Gasteiger partial charge in [-0.3, -0.25) is 19.3 Å². The van der Waals surface area contributed by atoms with Gasteiger partial charge in [0.1, 0.15) is 0 Å². The van der Waals surface area contributed by atoms with E-state index in [2.05, 4.69) is 31.9 Å². The SMILES string of the molecule is O=C(O)CCN1C(=O)[C@@H]2[C@H]3C[C@H]([C@@H](Br)[C@H]3Br)[C@@H]2C1=O. The van der Waals surface area contributed by atoms with E-state index in [0.29, 0.717) is 0 Å². The first-order valence-corrected chi connectivity index (χ1v) is 8.11. The fraction of sp³-hybridized carbons (Fsp3) is 0.750. The lowest BCUT2D eigenvalue weighted by atomic mass is 9.81. The van der Waals surface area contributed by atoms with Crippen LogP contribution in [-0.4, -0.2) is 44.0 Å². The third-order valence-electron chi connectivity index (χ3n) is 4.63. The van der Waals surface area contributed by atoms with Gasteiger partial charge >= 0.3 is 5.97 Å². The summed E-state index contributed by atoms with van der Waals surface area (Å²) >= 11 is 7.21. The number of rotatable bonds is 3. The number of halogens is 2. The Morgan fingerprint density at radius 2 is 1.63 bits per heavy atom. The molecule has 0 aromatic carbocycles. The number of aliphatic carboxylic acids is 1. The molecule has 3 fully saturated rings. The zero-order chi connectivity index (χ0) is 13.9. The van der Waals surface area contributed by atoms with Crippen LogP contribution in [0.2, 0.25) is 0 Å². The number of likely N-dealkylation sites (tertiary alicyclic amines) is 1. The number of imide groups is 1. The van der Waals surface area contributed by atoms with Crippen LogP contribution in [0.15, 0.2) is 0 Å².